The van der Waals surface area contributed by atoms with Crippen LogP contribution >= 0.6 is 31.9 Å². The number of nitrogens with zero attached hydrogens (tertiary/aromatic N) is 6. The fraction of sp³-hybridized carbons (Fsp3) is 0.429. The Kier molecular flexibility index (Phi) is 21.7. The molecule has 2 fully saturated rings. The molecule has 4 aromatic carbocycles. The number of ether oxygens (including phenoxy) is 2. The van der Waals surface area contributed by atoms with Crippen LogP contribution < -0.4 is 30.8 Å². The molecule has 2 aliphatic rings. The molecule has 21 heteroatoms. The Labute approximate surface area is 430 Å². The molecule has 2 saturated heterocycles. The minimum absolute atomic E-state index is 0. The molecule has 0 spiro atoms. The van der Waals surface area contributed by atoms with Crippen LogP contribution in [-0.2, 0) is 20.0 Å². The topological polar surface area (TPSA) is 255 Å². The van der Waals surface area contributed by atoms with Crippen molar-refractivity contribution in [2.75, 3.05) is 37.2 Å². The number of halogens is 2. The van der Waals surface area contributed by atoms with Crippen LogP contribution in [0, 0.1) is 6.92 Å². The SMILES string of the molecule is C.CC(C)N1CCC(Oc2cc(Br)cc3cnc(Nc4ccc(S(N)(=O)=O)cc4)nc23)CC1.CC(C)O.Cc1ncc2cc(Br)cc(OC3CCN(C(C)C)CC3)c2n1.Nc1ccc(S(N)(=O)=O)cc1. The van der Waals surface area contributed by atoms with E-state index < -0.39 is 20.0 Å². The second-order valence-electron chi connectivity index (χ2n) is 17.6. The van der Waals surface area contributed by atoms with Crippen molar-refractivity contribution in [2.45, 2.75) is 122 Å². The number of aliphatic hydroxyl groups excluding tert-OH is 1. The number of nitrogens with two attached hydrogens (primary N) is 3. The molecule has 0 amide bonds. The molecule has 2 aromatic heterocycles. The number of aryl methyl sites for hydroxylation is 1. The number of likely N-dealkylation sites (tertiary alicyclic amines) is 2. The van der Waals surface area contributed by atoms with E-state index in [9.17, 15) is 16.8 Å². The molecule has 0 radical (unpaired) electrons. The van der Waals surface area contributed by atoms with Crippen molar-refractivity contribution >= 4 is 91.0 Å². The maximum Gasteiger partial charge on any atom is 0.238 e. The number of hydrogen-bond acceptors (Lipinski definition) is 15. The van der Waals surface area contributed by atoms with Gasteiger partial charge in [0, 0.05) is 87.9 Å². The zero-order valence-corrected chi connectivity index (χ0v) is 44.8. The number of primary sulfonamides is 2. The predicted octanol–water partition coefficient (Wildman–Crippen LogP) is 8.93. The number of benzene rings is 4. The van der Waals surface area contributed by atoms with Gasteiger partial charge in [-0.3, -0.25) is 0 Å². The molecule has 2 aliphatic heterocycles. The van der Waals surface area contributed by atoms with Gasteiger partial charge in [0.15, 0.2) is 0 Å². The fourth-order valence-corrected chi connectivity index (χ4v) is 9.32. The van der Waals surface area contributed by atoms with E-state index in [1.807, 2.05) is 37.4 Å². The molecule has 4 heterocycles. The number of hydrogen-bond donors (Lipinski definition) is 5. The van der Waals surface area contributed by atoms with Gasteiger partial charge in [-0.25, -0.2) is 47.0 Å². The first-order valence-corrected chi connectivity index (χ1v) is 27.3. The van der Waals surface area contributed by atoms with Gasteiger partial charge in [0.1, 0.15) is 40.6 Å². The molecule has 0 atom stereocenters. The van der Waals surface area contributed by atoms with Crippen molar-refractivity contribution in [3.05, 3.63) is 100.0 Å². The van der Waals surface area contributed by atoms with Crippen molar-refractivity contribution in [3.63, 3.8) is 0 Å². The van der Waals surface area contributed by atoms with Crippen LogP contribution in [0.5, 0.6) is 11.5 Å². The van der Waals surface area contributed by atoms with Crippen LogP contribution in [0.1, 0.15) is 80.5 Å². The molecule has 8 rings (SSSR count). The zero-order chi connectivity index (χ0) is 50.6. The minimum Gasteiger partial charge on any atom is -0.488 e. The van der Waals surface area contributed by atoms with E-state index in [0.29, 0.717) is 35.2 Å². The summed E-state index contributed by atoms with van der Waals surface area (Å²) in [5, 5.41) is 23.0. The van der Waals surface area contributed by atoms with Crippen LogP contribution in [-0.4, -0.2) is 108 Å². The number of anilines is 3. The van der Waals surface area contributed by atoms with Crippen molar-refractivity contribution in [3.8, 4) is 11.5 Å². The Balaban J connectivity index is 0.000000241. The number of aromatic nitrogens is 4. The Morgan fingerprint density at radius 2 is 1.04 bits per heavy atom. The summed E-state index contributed by atoms with van der Waals surface area (Å²) in [6, 6.07) is 20.9. The molecule has 17 nitrogen and oxygen atoms in total. The van der Waals surface area contributed by atoms with E-state index >= 15 is 0 Å². The van der Waals surface area contributed by atoms with Crippen molar-refractivity contribution in [1.29, 1.82) is 0 Å². The van der Waals surface area contributed by atoms with Gasteiger partial charge in [0.05, 0.1) is 9.79 Å². The van der Waals surface area contributed by atoms with E-state index in [2.05, 4.69) is 94.6 Å². The van der Waals surface area contributed by atoms with E-state index in [1.165, 1.54) is 36.4 Å². The summed E-state index contributed by atoms with van der Waals surface area (Å²) in [4.78, 5) is 23.0. The summed E-state index contributed by atoms with van der Waals surface area (Å²) in [6.07, 6.45) is 7.91. The number of nitrogens with one attached hydrogen (secondary N) is 1. The van der Waals surface area contributed by atoms with Gasteiger partial charge >= 0.3 is 0 Å². The van der Waals surface area contributed by atoms with E-state index in [1.54, 1.807) is 32.2 Å². The number of aliphatic hydroxyl groups is 1. The first-order valence-electron chi connectivity index (χ1n) is 22.6. The highest BCUT2D eigenvalue weighted by molar-refractivity contribution is 9.10. The van der Waals surface area contributed by atoms with Gasteiger partial charge in [-0.05, 0) is 147 Å². The summed E-state index contributed by atoms with van der Waals surface area (Å²) in [5.41, 5.74) is 8.12. The lowest BCUT2D eigenvalue weighted by Gasteiger charge is -2.34. The monoisotopic (exact) mass is 1130 g/mol. The van der Waals surface area contributed by atoms with Gasteiger partial charge in [-0.1, -0.05) is 39.3 Å². The van der Waals surface area contributed by atoms with Crippen LogP contribution in [0.15, 0.2) is 104 Å². The van der Waals surface area contributed by atoms with Gasteiger partial charge in [0.25, 0.3) is 0 Å². The van der Waals surface area contributed by atoms with Crippen LogP contribution in [0.2, 0.25) is 0 Å². The first kappa shape index (κ1) is 58.0. The molecule has 0 aliphatic carbocycles. The Morgan fingerprint density at radius 3 is 1.44 bits per heavy atom. The summed E-state index contributed by atoms with van der Waals surface area (Å²) in [7, 11) is -7.31. The molecular weight excluding hydrogens is 1060 g/mol. The number of sulfonamides is 2. The third-order valence-corrected chi connectivity index (χ3v) is 13.8. The predicted molar refractivity (Wildman–Crippen MR) is 287 cm³/mol. The molecule has 0 unspecified atom stereocenters. The summed E-state index contributed by atoms with van der Waals surface area (Å²) < 4.78 is 58.8. The third-order valence-electron chi connectivity index (χ3n) is 11.0. The van der Waals surface area contributed by atoms with Crippen LogP contribution in [0.25, 0.3) is 21.8 Å². The van der Waals surface area contributed by atoms with E-state index in [-0.39, 0.29) is 35.5 Å². The second kappa shape index (κ2) is 26.2. The van der Waals surface area contributed by atoms with Crippen molar-refractivity contribution in [1.82, 2.24) is 29.7 Å². The van der Waals surface area contributed by atoms with Gasteiger partial charge in [0.2, 0.25) is 26.0 Å². The molecule has 0 bridgehead atoms. The van der Waals surface area contributed by atoms with Crippen LogP contribution in [0.3, 0.4) is 0 Å². The van der Waals surface area contributed by atoms with Crippen molar-refractivity contribution < 1.29 is 31.4 Å². The maximum absolute atomic E-state index is 11.4. The fourth-order valence-electron chi connectivity index (χ4n) is 7.38. The van der Waals surface area contributed by atoms with Gasteiger partial charge in [-0.15, -0.1) is 0 Å². The summed E-state index contributed by atoms with van der Waals surface area (Å²) in [6.45, 7) is 18.5. The van der Waals surface area contributed by atoms with Gasteiger partial charge < -0.3 is 35.4 Å². The molecule has 0 saturated carbocycles. The lowest BCUT2D eigenvalue weighted by Crippen LogP contribution is -2.41. The average molecular weight is 1130 g/mol. The van der Waals surface area contributed by atoms with Crippen molar-refractivity contribution in [2.24, 2.45) is 10.3 Å². The highest BCUT2D eigenvalue weighted by atomic mass is 79.9. The highest BCUT2D eigenvalue weighted by Gasteiger charge is 2.25. The lowest BCUT2D eigenvalue weighted by molar-refractivity contribution is 0.0850. The number of nitrogen functional groups attached to an aromatic ring is 1. The zero-order valence-electron chi connectivity index (χ0n) is 40.0. The molecule has 6 aromatic rings. The van der Waals surface area contributed by atoms with Crippen LogP contribution in [0.4, 0.5) is 17.3 Å². The Hall–Kier alpha value is -4.58. The minimum atomic E-state index is -3.74. The summed E-state index contributed by atoms with van der Waals surface area (Å²) in [5.74, 6) is 2.74. The standard InChI is InChI=1S/C22H26BrN5O3S.C17H22BrN3O.C6H8N2O2S.C3H8O.CH4/c1-14(2)28-9-7-18(8-10-28)31-20-12-16(23)11-15-13-25-22(27-21(15)20)26-17-3-5-19(6-4-17)32(24,29)30;1-11(2)21-6-4-15(5-7-21)22-16-9-14(18)8-13-10-19-12(3)20-17(13)16;7-5-1-3-6(4-2-5)11(8,9)10;1-3(2)4;/h3-6,11-14,18H,7-10H2,1-2H3,(H2,24,29,30)(H,25,26,27);8-11,15H,4-7H2,1-3H3;1-4H,7H2,(H2,8,9,10);3-4H,1-2H3;1H4. The molecule has 8 N–H and O–H groups in total. The lowest BCUT2D eigenvalue weighted by atomic mass is 10.1. The van der Waals surface area contributed by atoms with E-state index in [0.717, 1.165) is 94.2 Å². The largest absolute Gasteiger partial charge is 0.488 e. The molecule has 70 heavy (non-hydrogen) atoms. The van der Waals surface area contributed by atoms with E-state index in [4.69, 9.17) is 30.6 Å². The number of piperidine rings is 2. The molecule has 382 valence electrons. The Bertz CT molecular complexity index is 2840. The third kappa shape index (κ3) is 17.9. The second-order valence-corrected chi connectivity index (χ2v) is 22.5. The maximum atomic E-state index is 11.4. The Morgan fingerprint density at radius 1 is 0.657 bits per heavy atom. The highest BCUT2D eigenvalue weighted by Crippen LogP contribution is 2.33. The smallest absolute Gasteiger partial charge is 0.238 e. The quantitative estimate of drug-likeness (QED) is 0.0803. The summed E-state index contributed by atoms with van der Waals surface area (Å²) >= 11 is 7.10. The molecular formula is C49H68Br2N10O7S2. The van der Waals surface area contributed by atoms with Gasteiger partial charge in [-0.2, -0.15) is 0 Å². The first-order chi connectivity index (χ1) is 32.4. The number of rotatable bonds is 10. The average Bonchev–Trinajstić information content (AvgIpc) is 3.27. The number of fused-ring (bicyclic) bond motifs is 2. The normalized spacial score (nSPS) is 15.0.